The Kier molecular flexibility index (Phi) is 4.04. The van der Waals surface area contributed by atoms with Crippen LogP contribution in [-0.4, -0.2) is 23.2 Å². The van der Waals surface area contributed by atoms with Gasteiger partial charge in [-0.2, -0.15) is 4.98 Å². The van der Waals surface area contributed by atoms with Gasteiger partial charge in [0.15, 0.2) is 0 Å². The number of halogens is 1. The van der Waals surface area contributed by atoms with Crippen LogP contribution in [0.2, 0.25) is 0 Å². The van der Waals surface area contributed by atoms with Crippen molar-refractivity contribution in [2.45, 2.75) is 19.8 Å². The van der Waals surface area contributed by atoms with Gasteiger partial charge in [-0.1, -0.05) is 31.1 Å². The lowest BCUT2D eigenvalue weighted by Crippen LogP contribution is -2.19. The van der Waals surface area contributed by atoms with Gasteiger partial charge in [-0.15, -0.1) is 0 Å². The molecule has 1 heterocycles. The summed E-state index contributed by atoms with van der Waals surface area (Å²) in [6, 6.07) is 6.40. The molecule has 0 fully saturated rings. The number of nitrogens with one attached hydrogen (secondary N) is 1. The first-order chi connectivity index (χ1) is 8.72. The maximum atomic E-state index is 13.6. The fourth-order valence-corrected chi connectivity index (χ4v) is 1.64. The number of aromatic nitrogens is 2. The number of nitrogens with zero attached hydrogens (tertiary/aromatic N) is 2. The zero-order valence-electron chi connectivity index (χ0n) is 10.5. The number of hydrogen-bond acceptors (Lipinski definition) is 4. The minimum Gasteiger partial charge on any atom is -0.339 e. The summed E-state index contributed by atoms with van der Waals surface area (Å²) in [5.74, 6) is 0.586. The summed E-state index contributed by atoms with van der Waals surface area (Å²) in [6.07, 6.45) is 0. The minimum absolute atomic E-state index is 0.109. The molecule has 1 unspecified atom stereocenters. The minimum atomic E-state index is -0.343. The van der Waals surface area contributed by atoms with Gasteiger partial charge in [0.05, 0.1) is 5.56 Å². The van der Waals surface area contributed by atoms with Crippen molar-refractivity contribution in [3.8, 4) is 11.4 Å². The van der Waals surface area contributed by atoms with Gasteiger partial charge in [0.25, 0.3) is 0 Å². The largest absolute Gasteiger partial charge is 0.339 e. The molecule has 0 aliphatic carbocycles. The fraction of sp³-hybridized carbons (Fsp3) is 0.385. The molecule has 2 aromatic rings. The van der Waals surface area contributed by atoms with Crippen LogP contribution in [0.4, 0.5) is 4.39 Å². The van der Waals surface area contributed by atoms with Gasteiger partial charge in [0, 0.05) is 12.5 Å². The molecule has 5 heteroatoms. The predicted octanol–water partition coefficient (Wildman–Crippen LogP) is 2.59. The lowest BCUT2D eigenvalue weighted by atomic mass is 10.1. The van der Waals surface area contributed by atoms with E-state index in [0.717, 1.165) is 13.1 Å². The van der Waals surface area contributed by atoms with Gasteiger partial charge in [0.2, 0.25) is 11.7 Å². The lowest BCUT2D eigenvalue weighted by molar-refractivity contribution is 0.355. The molecule has 1 aromatic carbocycles. The van der Waals surface area contributed by atoms with Crippen molar-refractivity contribution in [1.82, 2.24) is 15.5 Å². The number of benzene rings is 1. The Bertz CT molecular complexity index is 512. The molecular weight excluding hydrogens is 233 g/mol. The maximum absolute atomic E-state index is 13.6. The lowest BCUT2D eigenvalue weighted by Gasteiger charge is -2.05. The third-order valence-electron chi connectivity index (χ3n) is 2.68. The smallest absolute Gasteiger partial charge is 0.231 e. The van der Waals surface area contributed by atoms with Crippen molar-refractivity contribution < 1.29 is 8.91 Å². The number of hydrogen-bond donors (Lipinski definition) is 1. The summed E-state index contributed by atoms with van der Waals surface area (Å²) in [5.41, 5.74) is 0.364. The molecule has 0 saturated heterocycles. The summed E-state index contributed by atoms with van der Waals surface area (Å²) < 4.78 is 18.7. The Hall–Kier alpha value is -1.75. The fourth-order valence-electron chi connectivity index (χ4n) is 1.64. The van der Waals surface area contributed by atoms with Gasteiger partial charge in [-0.3, -0.25) is 0 Å². The van der Waals surface area contributed by atoms with Crippen LogP contribution in [0.1, 0.15) is 25.7 Å². The monoisotopic (exact) mass is 249 g/mol. The average Bonchev–Trinajstić information content (AvgIpc) is 2.86. The molecule has 0 aliphatic heterocycles. The van der Waals surface area contributed by atoms with Crippen molar-refractivity contribution in [1.29, 1.82) is 0 Å². The highest BCUT2D eigenvalue weighted by Crippen LogP contribution is 2.21. The van der Waals surface area contributed by atoms with Crippen LogP contribution in [0.5, 0.6) is 0 Å². The van der Waals surface area contributed by atoms with Crippen LogP contribution in [0.25, 0.3) is 11.4 Å². The second kappa shape index (κ2) is 5.73. The highest BCUT2D eigenvalue weighted by molar-refractivity contribution is 5.54. The van der Waals surface area contributed by atoms with Gasteiger partial charge in [-0.25, -0.2) is 4.39 Å². The van der Waals surface area contributed by atoms with E-state index in [4.69, 9.17) is 4.52 Å². The molecule has 0 radical (unpaired) electrons. The van der Waals surface area contributed by atoms with E-state index in [1.165, 1.54) is 6.07 Å². The van der Waals surface area contributed by atoms with Crippen LogP contribution >= 0.6 is 0 Å². The van der Waals surface area contributed by atoms with Crippen molar-refractivity contribution in [3.05, 3.63) is 36.0 Å². The van der Waals surface area contributed by atoms with E-state index in [1.54, 1.807) is 18.2 Å². The summed E-state index contributed by atoms with van der Waals surface area (Å²) >= 11 is 0. The highest BCUT2D eigenvalue weighted by Gasteiger charge is 2.16. The summed E-state index contributed by atoms with van der Waals surface area (Å²) in [7, 11) is 0. The Labute approximate surface area is 105 Å². The van der Waals surface area contributed by atoms with E-state index in [1.807, 2.05) is 13.8 Å². The number of rotatable bonds is 5. The molecule has 2 rings (SSSR count). The van der Waals surface area contributed by atoms with Crippen molar-refractivity contribution in [2.24, 2.45) is 0 Å². The second-order valence-electron chi connectivity index (χ2n) is 4.14. The molecule has 0 saturated carbocycles. The molecule has 0 aliphatic rings. The molecule has 1 N–H and O–H groups in total. The Balaban J connectivity index is 2.18. The predicted molar refractivity (Wildman–Crippen MR) is 66.7 cm³/mol. The molecule has 4 nitrogen and oxygen atoms in total. The van der Waals surface area contributed by atoms with Gasteiger partial charge >= 0.3 is 0 Å². The Morgan fingerprint density at radius 1 is 1.39 bits per heavy atom. The van der Waals surface area contributed by atoms with Gasteiger partial charge in [0.1, 0.15) is 5.82 Å². The zero-order valence-corrected chi connectivity index (χ0v) is 10.5. The van der Waals surface area contributed by atoms with Crippen LogP contribution in [0.15, 0.2) is 28.8 Å². The Morgan fingerprint density at radius 2 is 2.17 bits per heavy atom. The van der Waals surface area contributed by atoms with E-state index < -0.39 is 0 Å². The second-order valence-corrected chi connectivity index (χ2v) is 4.14. The van der Waals surface area contributed by atoms with E-state index in [9.17, 15) is 4.39 Å². The van der Waals surface area contributed by atoms with Crippen molar-refractivity contribution in [3.63, 3.8) is 0 Å². The first-order valence-corrected chi connectivity index (χ1v) is 6.01. The third-order valence-corrected chi connectivity index (χ3v) is 2.68. The molecule has 1 atom stereocenters. The summed E-state index contributed by atoms with van der Waals surface area (Å²) in [4.78, 5) is 4.24. The van der Waals surface area contributed by atoms with E-state index in [2.05, 4.69) is 15.5 Å². The molecule has 0 spiro atoms. The first-order valence-electron chi connectivity index (χ1n) is 6.01. The standard InChI is InChI=1S/C13H16FN3O/c1-3-15-8-9(2)13-16-12(17-18-13)10-6-4-5-7-11(10)14/h4-7,9,15H,3,8H2,1-2H3. The Morgan fingerprint density at radius 3 is 2.89 bits per heavy atom. The molecular formula is C13H16FN3O. The van der Waals surface area contributed by atoms with Crippen LogP contribution in [0, 0.1) is 5.82 Å². The zero-order chi connectivity index (χ0) is 13.0. The molecule has 18 heavy (non-hydrogen) atoms. The first kappa shape index (κ1) is 12.7. The van der Waals surface area contributed by atoms with Crippen molar-refractivity contribution >= 4 is 0 Å². The molecule has 0 amide bonds. The van der Waals surface area contributed by atoms with Crippen LogP contribution in [0.3, 0.4) is 0 Å². The van der Waals surface area contributed by atoms with Crippen LogP contribution in [-0.2, 0) is 0 Å². The quantitative estimate of drug-likeness (QED) is 0.884. The van der Waals surface area contributed by atoms with E-state index >= 15 is 0 Å². The van der Waals surface area contributed by atoms with Gasteiger partial charge in [-0.05, 0) is 18.7 Å². The summed E-state index contributed by atoms with van der Waals surface area (Å²) in [5, 5.41) is 7.03. The van der Waals surface area contributed by atoms with E-state index in [0.29, 0.717) is 17.3 Å². The highest BCUT2D eigenvalue weighted by atomic mass is 19.1. The molecule has 1 aromatic heterocycles. The van der Waals surface area contributed by atoms with Crippen molar-refractivity contribution in [2.75, 3.05) is 13.1 Å². The van der Waals surface area contributed by atoms with Gasteiger partial charge < -0.3 is 9.84 Å². The molecule has 96 valence electrons. The molecule has 0 bridgehead atoms. The average molecular weight is 249 g/mol. The van der Waals surface area contributed by atoms with Crippen LogP contribution < -0.4 is 5.32 Å². The SMILES string of the molecule is CCNCC(C)c1nc(-c2ccccc2F)no1. The normalized spacial score (nSPS) is 12.6. The number of likely N-dealkylation sites (N-methyl/N-ethyl adjacent to an activating group) is 1. The maximum Gasteiger partial charge on any atom is 0.231 e. The third kappa shape index (κ3) is 2.73. The topological polar surface area (TPSA) is 51.0 Å². The summed E-state index contributed by atoms with van der Waals surface area (Å²) in [6.45, 7) is 5.67. The van der Waals surface area contributed by atoms with E-state index in [-0.39, 0.29) is 11.7 Å².